The highest BCUT2D eigenvalue weighted by Crippen LogP contribution is 2.32. The van der Waals surface area contributed by atoms with Gasteiger partial charge in [0.1, 0.15) is 0 Å². The summed E-state index contributed by atoms with van der Waals surface area (Å²) in [4.78, 5) is 0. The molecule has 1 atom stereocenters. The fraction of sp³-hybridized carbons (Fsp3) is 0.600. The van der Waals surface area contributed by atoms with Crippen molar-refractivity contribution in [2.75, 3.05) is 6.54 Å². The van der Waals surface area contributed by atoms with Crippen molar-refractivity contribution < 1.29 is 13.5 Å². The Morgan fingerprint density at radius 2 is 1.90 bits per heavy atom. The van der Waals surface area contributed by atoms with Crippen molar-refractivity contribution in [1.82, 2.24) is 4.31 Å². The van der Waals surface area contributed by atoms with Crippen molar-refractivity contribution in [3.8, 4) is 0 Å². The predicted octanol–water partition coefficient (Wildman–Crippen LogP) is 2.14. The monoisotopic (exact) mass is 297 g/mol. The maximum Gasteiger partial charge on any atom is 0.217 e. The Kier molecular flexibility index (Phi) is 4.52. The molecule has 112 valence electrons. The van der Waals surface area contributed by atoms with Gasteiger partial charge in [-0.15, -0.1) is 0 Å². The average Bonchev–Trinajstić information content (AvgIpc) is 3.23. The van der Waals surface area contributed by atoms with Crippen LogP contribution >= 0.6 is 0 Å². The van der Waals surface area contributed by atoms with Crippen molar-refractivity contribution in [3.63, 3.8) is 0 Å². The van der Waals surface area contributed by atoms with Crippen LogP contribution in [0.4, 0.5) is 0 Å². The minimum Gasteiger partial charge on any atom is -0.389 e. The normalized spacial score (nSPS) is 19.0. The first kappa shape index (κ1) is 15.5. The zero-order valence-electron chi connectivity index (χ0n) is 12.1. The van der Waals surface area contributed by atoms with Crippen LogP contribution in [0.5, 0.6) is 0 Å². The molecule has 0 heterocycles. The summed E-state index contributed by atoms with van der Waals surface area (Å²) in [6, 6.07) is 9.53. The van der Waals surface area contributed by atoms with Crippen molar-refractivity contribution in [2.45, 2.75) is 50.5 Å². The topological polar surface area (TPSA) is 57.6 Å². The van der Waals surface area contributed by atoms with E-state index >= 15 is 0 Å². The Balaban J connectivity index is 2.20. The molecule has 1 unspecified atom stereocenters. The van der Waals surface area contributed by atoms with Crippen molar-refractivity contribution >= 4 is 10.0 Å². The highest BCUT2D eigenvalue weighted by Gasteiger charge is 2.41. The third kappa shape index (κ3) is 3.81. The van der Waals surface area contributed by atoms with Crippen LogP contribution in [0.3, 0.4) is 0 Å². The Morgan fingerprint density at radius 3 is 2.40 bits per heavy atom. The van der Waals surface area contributed by atoms with Gasteiger partial charge in [0.2, 0.25) is 10.0 Å². The van der Waals surface area contributed by atoms with E-state index in [-0.39, 0.29) is 11.8 Å². The number of hydrogen-bond acceptors (Lipinski definition) is 3. The first-order valence-corrected chi connectivity index (χ1v) is 8.61. The average molecular weight is 297 g/mol. The summed E-state index contributed by atoms with van der Waals surface area (Å²) in [5.41, 5.74) is -0.0415. The van der Waals surface area contributed by atoms with Crippen LogP contribution in [-0.4, -0.2) is 35.2 Å². The van der Waals surface area contributed by atoms with E-state index in [1.807, 2.05) is 37.3 Å². The van der Waals surface area contributed by atoms with Gasteiger partial charge in [-0.1, -0.05) is 37.3 Å². The van der Waals surface area contributed by atoms with Gasteiger partial charge in [-0.05, 0) is 31.7 Å². The third-order valence-corrected chi connectivity index (χ3v) is 6.08. The molecule has 0 saturated heterocycles. The zero-order valence-corrected chi connectivity index (χ0v) is 12.9. The minimum absolute atomic E-state index is 0.150. The smallest absolute Gasteiger partial charge is 0.217 e. The summed E-state index contributed by atoms with van der Waals surface area (Å²) < 4.78 is 26.5. The number of rotatable bonds is 7. The summed E-state index contributed by atoms with van der Waals surface area (Å²) in [5.74, 6) is 0. The van der Waals surface area contributed by atoms with Crippen LogP contribution in [0.2, 0.25) is 0 Å². The summed E-state index contributed by atoms with van der Waals surface area (Å²) in [6.07, 6.45) is 2.00. The van der Waals surface area contributed by atoms with Crippen LogP contribution in [0.15, 0.2) is 30.3 Å². The van der Waals surface area contributed by atoms with Crippen LogP contribution in [-0.2, 0) is 16.6 Å². The summed E-state index contributed by atoms with van der Waals surface area (Å²) in [7, 11) is -3.30. The quantitative estimate of drug-likeness (QED) is 0.839. The molecule has 0 bridgehead atoms. The molecule has 1 saturated carbocycles. The fourth-order valence-electron chi connectivity index (χ4n) is 2.09. The largest absolute Gasteiger partial charge is 0.389 e. The molecule has 0 radical (unpaired) electrons. The lowest BCUT2D eigenvalue weighted by Gasteiger charge is -2.30. The zero-order chi connectivity index (χ0) is 14.8. The molecule has 1 aromatic carbocycles. The molecule has 1 aliphatic rings. The Labute approximate surface area is 121 Å². The molecule has 5 heteroatoms. The maximum absolute atomic E-state index is 12.5. The summed E-state index contributed by atoms with van der Waals surface area (Å²) >= 11 is 0. The molecule has 0 aromatic heterocycles. The Hall–Kier alpha value is -0.910. The second-order valence-electron chi connectivity index (χ2n) is 5.85. The molecule has 1 aliphatic carbocycles. The van der Waals surface area contributed by atoms with E-state index in [1.165, 1.54) is 4.31 Å². The van der Waals surface area contributed by atoms with E-state index in [4.69, 9.17) is 0 Å². The van der Waals surface area contributed by atoms with Crippen LogP contribution in [0.25, 0.3) is 0 Å². The number of aliphatic hydroxyl groups is 1. The Morgan fingerprint density at radius 1 is 1.30 bits per heavy atom. The lowest BCUT2D eigenvalue weighted by molar-refractivity contribution is 0.0355. The second kappa shape index (κ2) is 5.84. The van der Waals surface area contributed by atoms with Crippen LogP contribution < -0.4 is 0 Å². The Bertz CT molecular complexity index is 535. The molecule has 0 aliphatic heterocycles. The van der Waals surface area contributed by atoms with Crippen molar-refractivity contribution in [1.29, 1.82) is 0 Å². The highest BCUT2D eigenvalue weighted by molar-refractivity contribution is 7.90. The first-order valence-electron chi connectivity index (χ1n) is 7.10. The second-order valence-corrected chi connectivity index (χ2v) is 8.06. The molecular weight excluding hydrogens is 274 g/mol. The van der Waals surface area contributed by atoms with Crippen LogP contribution in [0, 0.1) is 0 Å². The van der Waals surface area contributed by atoms with Crippen LogP contribution in [0.1, 0.15) is 38.7 Å². The number of nitrogens with zero attached hydrogens (tertiary/aromatic N) is 1. The molecule has 1 fully saturated rings. The maximum atomic E-state index is 12.5. The van der Waals surface area contributed by atoms with E-state index in [0.717, 1.165) is 18.4 Å². The third-order valence-electron chi connectivity index (χ3n) is 3.79. The van der Waals surface area contributed by atoms with E-state index in [2.05, 4.69) is 0 Å². The van der Waals surface area contributed by atoms with E-state index in [0.29, 0.717) is 13.0 Å². The number of benzene rings is 1. The van der Waals surface area contributed by atoms with Crippen molar-refractivity contribution in [3.05, 3.63) is 35.9 Å². The lowest BCUT2D eigenvalue weighted by Crippen LogP contribution is -2.44. The minimum atomic E-state index is -3.30. The summed E-state index contributed by atoms with van der Waals surface area (Å²) in [6.45, 7) is 4.03. The molecule has 1 N–H and O–H groups in total. The van der Waals surface area contributed by atoms with E-state index in [1.54, 1.807) is 6.92 Å². The molecule has 0 amide bonds. The predicted molar refractivity (Wildman–Crippen MR) is 79.7 cm³/mol. The van der Waals surface area contributed by atoms with Gasteiger partial charge in [0.05, 0.1) is 10.9 Å². The van der Waals surface area contributed by atoms with Gasteiger partial charge in [-0.25, -0.2) is 8.42 Å². The first-order chi connectivity index (χ1) is 9.35. The molecule has 1 aromatic rings. The van der Waals surface area contributed by atoms with E-state index < -0.39 is 15.6 Å². The molecule has 20 heavy (non-hydrogen) atoms. The molecule has 4 nitrogen and oxygen atoms in total. The molecule has 0 spiro atoms. The standard InChI is InChI=1S/C15H23NO3S/c1-3-15(2,17)12-16(20(18,19)14-9-10-14)11-13-7-5-4-6-8-13/h4-8,14,17H,3,9-12H2,1-2H3. The van der Waals surface area contributed by atoms with Gasteiger partial charge in [0, 0.05) is 13.1 Å². The van der Waals surface area contributed by atoms with Gasteiger partial charge >= 0.3 is 0 Å². The van der Waals surface area contributed by atoms with Gasteiger partial charge in [0.15, 0.2) is 0 Å². The van der Waals surface area contributed by atoms with Gasteiger partial charge in [-0.3, -0.25) is 0 Å². The lowest BCUT2D eigenvalue weighted by atomic mass is 10.0. The molecule has 2 rings (SSSR count). The van der Waals surface area contributed by atoms with E-state index in [9.17, 15) is 13.5 Å². The van der Waals surface area contributed by atoms with Gasteiger partial charge in [-0.2, -0.15) is 4.31 Å². The van der Waals surface area contributed by atoms with Gasteiger partial charge < -0.3 is 5.11 Å². The fourth-order valence-corrected chi connectivity index (χ4v) is 4.03. The molecular formula is C15H23NO3S. The number of sulfonamides is 1. The van der Waals surface area contributed by atoms with Gasteiger partial charge in [0.25, 0.3) is 0 Å². The highest BCUT2D eigenvalue weighted by atomic mass is 32.2. The summed E-state index contributed by atoms with van der Waals surface area (Å²) in [5, 5.41) is 9.98. The van der Waals surface area contributed by atoms with Crippen molar-refractivity contribution in [2.24, 2.45) is 0 Å². The number of hydrogen-bond donors (Lipinski definition) is 1. The SMILES string of the molecule is CCC(C)(O)CN(Cc1ccccc1)S(=O)(=O)C1CC1.